The van der Waals surface area contributed by atoms with E-state index >= 15 is 0 Å². The zero-order valence-corrected chi connectivity index (χ0v) is 29.1. The number of hydrogen-bond acceptors (Lipinski definition) is 9. The van der Waals surface area contributed by atoms with Gasteiger partial charge >= 0.3 is 0 Å². The van der Waals surface area contributed by atoms with Gasteiger partial charge in [0, 0.05) is 48.7 Å². The summed E-state index contributed by atoms with van der Waals surface area (Å²) < 4.78 is 0. The van der Waals surface area contributed by atoms with E-state index in [1.54, 1.807) is 47.4 Å². The number of benzene rings is 2. The van der Waals surface area contributed by atoms with Gasteiger partial charge in [-0.25, -0.2) is 0 Å². The van der Waals surface area contributed by atoms with Gasteiger partial charge in [-0.3, -0.25) is 14.4 Å². The van der Waals surface area contributed by atoms with E-state index in [0.29, 0.717) is 49.4 Å². The van der Waals surface area contributed by atoms with Gasteiger partial charge in [0.2, 0.25) is 5.88 Å². The van der Waals surface area contributed by atoms with Gasteiger partial charge in [0.25, 0.3) is 11.8 Å². The maximum atomic E-state index is 14.0. The van der Waals surface area contributed by atoms with Crippen molar-refractivity contribution in [3.8, 4) is 6.07 Å². The van der Waals surface area contributed by atoms with Gasteiger partial charge in [-0.1, -0.05) is 59.4 Å². The van der Waals surface area contributed by atoms with Crippen LogP contribution in [0.1, 0.15) is 107 Å². The van der Waals surface area contributed by atoms with Gasteiger partial charge in [0.1, 0.15) is 11.8 Å². The first-order valence-electron chi connectivity index (χ1n) is 16.9. The van der Waals surface area contributed by atoms with Crippen molar-refractivity contribution in [2.24, 2.45) is 10.2 Å². The van der Waals surface area contributed by atoms with Crippen molar-refractivity contribution in [1.29, 1.82) is 5.26 Å². The first kappa shape index (κ1) is 39.2. The van der Waals surface area contributed by atoms with Gasteiger partial charge in [-0.15, -0.1) is 10.2 Å². The molecule has 2 rings (SSSR count). The number of rotatable bonds is 20. The minimum atomic E-state index is -0.491. The average molecular weight is 658 g/mol. The fraction of sp³-hybridized carbons (Fsp3) is 0.459. The molecule has 0 fully saturated rings. The first-order chi connectivity index (χ1) is 23.1. The number of nitriles is 1. The van der Waals surface area contributed by atoms with E-state index in [9.17, 15) is 24.8 Å². The molecule has 2 aromatic rings. The molecule has 0 aromatic heterocycles. The summed E-state index contributed by atoms with van der Waals surface area (Å²) in [5.74, 6) is -0.912. The Morgan fingerprint density at radius 1 is 0.896 bits per heavy atom. The lowest BCUT2D eigenvalue weighted by Gasteiger charge is -2.24. The summed E-state index contributed by atoms with van der Waals surface area (Å²) in [6.07, 6.45) is 7.46. The molecule has 258 valence electrons. The lowest BCUT2D eigenvalue weighted by atomic mass is 10.1. The zero-order chi connectivity index (χ0) is 35.5. The third-order valence-electron chi connectivity index (χ3n) is 7.80. The Bertz CT molecular complexity index is 1510. The molecule has 48 heavy (non-hydrogen) atoms. The molecule has 4 N–H and O–H groups in total. The fourth-order valence-electron chi connectivity index (χ4n) is 4.85. The number of carbonyl (C=O) groups excluding carboxylic acids is 3. The predicted molar refractivity (Wildman–Crippen MR) is 191 cm³/mol. The summed E-state index contributed by atoms with van der Waals surface area (Å²) in [4.78, 5) is 43.1. The van der Waals surface area contributed by atoms with Crippen LogP contribution in [0, 0.1) is 11.3 Å². The molecular formula is C37H51N7O4. The number of allylic oxidation sites excluding steroid dienone is 2. The summed E-state index contributed by atoms with van der Waals surface area (Å²) in [5.41, 5.74) is 7.10. The lowest BCUT2D eigenvalue weighted by Crippen LogP contribution is -2.34. The highest BCUT2D eigenvalue weighted by Gasteiger charge is 2.23. The van der Waals surface area contributed by atoms with E-state index in [-0.39, 0.29) is 39.9 Å². The molecular weight excluding hydrogens is 606 g/mol. The number of azo groups is 1. The summed E-state index contributed by atoms with van der Waals surface area (Å²) in [5, 5.41) is 32.3. The minimum Gasteiger partial charge on any atom is -0.493 e. The molecule has 11 nitrogen and oxygen atoms in total. The van der Waals surface area contributed by atoms with Crippen LogP contribution in [0.4, 0.5) is 17.1 Å². The highest BCUT2D eigenvalue weighted by atomic mass is 16.3. The second-order valence-electron chi connectivity index (χ2n) is 11.6. The van der Waals surface area contributed by atoms with E-state index in [4.69, 9.17) is 5.73 Å². The van der Waals surface area contributed by atoms with E-state index in [1.807, 2.05) is 11.0 Å². The Hall–Kier alpha value is -4.98. The number of unbranched alkanes of at least 4 members (excludes halogenated alkanes) is 4. The van der Waals surface area contributed by atoms with Crippen molar-refractivity contribution in [1.82, 2.24) is 9.80 Å². The minimum absolute atomic E-state index is 0.0584. The number of aliphatic hydroxyl groups is 1. The Balaban J connectivity index is 2.78. The summed E-state index contributed by atoms with van der Waals surface area (Å²) in [6, 6.07) is 13.2. The summed E-state index contributed by atoms with van der Waals surface area (Å²) in [6.45, 7) is 12.1. The molecule has 0 heterocycles. The van der Waals surface area contributed by atoms with Crippen molar-refractivity contribution in [3.05, 3.63) is 76.3 Å². The molecule has 0 atom stereocenters. The van der Waals surface area contributed by atoms with E-state index in [1.165, 1.54) is 6.92 Å². The average Bonchev–Trinajstić information content (AvgIpc) is 3.08. The topological polar surface area (TPSA) is 164 Å². The highest BCUT2D eigenvalue weighted by Crippen LogP contribution is 2.28. The molecule has 0 bridgehead atoms. The molecule has 2 aromatic carbocycles. The third kappa shape index (κ3) is 11.7. The number of carbonyl (C=O) groups is 3. The van der Waals surface area contributed by atoms with Crippen molar-refractivity contribution in [2.75, 3.05) is 37.2 Å². The molecule has 0 aliphatic heterocycles. The third-order valence-corrected chi connectivity index (χ3v) is 7.80. The molecule has 0 spiro atoms. The quantitative estimate of drug-likeness (QED) is 0.0245. The van der Waals surface area contributed by atoms with Gasteiger partial charge < -0.3 is 26.0 Å². The normalized spacial score (nSPS) is 12.2. The maximum Gasteiger partial charge on any atom is 0.256 e. The van der Waals surface area contributed by atoms with Crippen molar-refractivity contribution in [2.45, 2.75) is 86.0 Å². The highest BCUT2D eigenvalue weighted by molar-refractivity contribution is 6.02. The van der Waals surface area contributed by atoms with Gasteiger partial charge in [-0.05, 0) is 69.0 Å². The molecule has 0 saturated heterocycles. The first-order valence-corrected chi connectivity index (χ1v) is 16.9. The summed E-state index contributed by atoms with van der Waals surface area (Å²) >= 11 is 0. The predicted octanol–water partition coefficient (Wildman–Crippen LogP) is 8.32. The van der Waals surface area contributed by atoms with Crippen LogP contribution < -0.4 is 11.1 Å². The number of aldehydes is 1. The largest absolute Gasteiger partial charge is 0.493 e. The number of nitrogen functional groups attached to an aromatic ring is 1. The Morgan fingerprint density at radius 2 is 1.46 bits per heavy atom. The number of amides is 2. The van der Waals surface area contributed by atoms with Crippen LogP contribution >= 0.6 is 0 Å². The van der Waals surface area contributed by atoms with Crippen molar-refractivity contribution in [3.63, 3.8) is 0 Å². The smallest absolute Gasteiger partial charge is 0.256 e. The number of nitrogens with one attached hydrogen (secondary N) is 1. The fourth-order valence-corrected chi connectivity index (χ4v) is 4.85. The summed E-state index contributed by atoms with van der Waals surface area (Å²) in [7, 11) is 0. The van der Waals surface area contributed by atoms with Crippen molar-refractivity contribution >= 4 is 35.2 Å². The van der Waals surface area contributed by atoms with E-state index in [0.717, 1.165) is 51.4 Å². The zero-order valence-electron chi connectivity index (χ0n) is 29.1. The lowest BCUT2D eigenvalue weighted by molar-refractivity contribution is -0.104. The van der Waals surface area contributed by atoms with Gasteiger partial charge in [0.05, 0.1) is 16.8 Å². The Kier molecular flexibility index (Phi) is 17.2. The van der Waals surface area contributed by atoms with Crippen LogP contribution in [0.3, 0.4) is 0 Å². The molecule has 0 aliphatic carbocycles. The van der Waals surface area contributed by atoms with Crippen LogP contribution in [0.2, 0.25) is 0 Å². The van der Waals surface area contributed by atoms with Gasteiger partial charge in [0.15, 0.2) is 6.29 Å². The second-order valence-corrected chi connectivity index (χ2v) is 11.6. The number of aliphatic hydroxyl groups excluding tert-OH is 1. The molecule has 0 saturated carbocycles. The van der Waals surface area contributed by atoms with Crippen LogP contribution in [0.25, 0.3) is 0 Å². The second kappa shape index (κ2) is 21.0. The van der Waals surface area contributed by atoms with Crippen molar-refractivity contribution < 1.29 is 19.5 Å². The monoisotopic (exact) mass is 657 g/mol. The standard InChI is InChI=1S/C37H51N7O4/c1-6-10-19-43(20-11-7-2)36(47)28-17-18-32(37(48)44(21-12-8-3)22-13-9-4)33(23-28)41-42-34(27(5)29(25-38)26-45)35(46)40-31-16-14-15-30(39)24-31/h14-18,23-24,26,40,46H,6-13,19-22,39H2,1-5H3/b29-27-,35-34-,42-41+. The molecule has 2 amide bonds. The van der Waals surface area contributed by atoms with Crippen LogP contribution in [-0.4, -0.2) is 59.2 Å². The Labute approximate surface area is 285 Å². The van der Waals surface area contributed by atoms with Gasteiger partial charge in [-0.2, -0.15) is 5.26 Å². The molecule has 11 heteroatoms. The Morgan fingerprint density at radius 3 is 1.96 bits per heavy atom. The van der Waals surface area contributed by atoms with Crippen LogP contribution in [0.15, 0.2) is 75.4 Å². The van der Waals surface area contributed by atoms with E-state index < -0.39 is 5.88 Å². The number of nitrogens with zero attached hydrogens (tertiary/aromatic N) is 5. The SMILES string of the molecule is CCCCN(CCCC)C(=O)c1ccc(C(=O)N(CCCC)CCCC)c(/N=N/C(=C(\O)Nc2cccc(N)c2)C(/C)=C(/C#N)C=O)c1. The number of nitrogens with two attached hydrogens (primary N) is 1. The van der Waals surface area contributed by atoms with Crippen LogP contribution in [0.5, 0.6) is 0 Å². The molecule has 0 unspecified atom stereocenters. The molecule has 0 radical (unpaired) electrons. The number of anilines is 2. The molecule has 0 aliphatic rings. The van der Waals surface area contributed by atoms with Crippen LogP contribution in [-0.2, 0) is 4.79 Å². The van der Waals surface area contributed by atoms with E-state index in [2.05, 4.69) is 43.2 Å². The maximum absolute atomic E-state index is 14.0. The number of hydrogen-bond donors (Lipinski definition) is 3.